The SMILES string of the molecule is COc1ccccc1-n1nnc(CN)c1/C=C/c1ccccc1. The summed E-state index contributed by atoms with van der Waals surface area (Å²) in [6, 6.07) is 17.8. The van der Waals surface area contributed by atoms with Crippen LogP contribution in [0.25, 0.3) is 17.8 Å². The molecule has 0 amide bonds. The molecule has 0 radical (unpaired) electrons. The fraction of sp³-hybridized carbons (Fsp3) is 0.111. The van der Waals surface area contributed by atoms with Gasteiger partial charge in [0.1, 0.15) is 17.1 Å². The molecule has 116 valence electrons. The maximum atomic E-state index is 5.80. The Morgan fingerprint density at radius 2 is 1.78 bits per heavy atom. The van der Waals surface area contributed by atoms with Crippen molar-refractivity contribution < 1.29 is 4.74 Å². The highest BCUT2D eigenvalue weighted by atomic mass is 16.5. The second kappa shape index (κ2) is 6.89. The molecule has 0 aliphatic rings. The van der Waals surface area contributed by atoms with Gasteiger partial charge in [-0.2, -0.15) is 0 Å². The topological polar surface area (TPSA) is 66.0 Å². The van der Waals surface area contributed by atoms with Crippen LogP contribution < -0.4 is 10.5 Å². The Bertz CT molecular complexity index is 809. The third kappa shape index (κ3) is 3.14. The maximum absolute atomic E-state index is 5.80. The molecule has 3 rings (SSSR count). The largest absolute Gasteiger partial charge is 0.494 e. The molecular weight excluding hydrogens is 288 g/mol. The monoisotopic (exact) mass is 306 g/mol. The molecule has 1 aromatic heterocycles. The lowest BCUT2D eigenvalue weighted by Crippen LogP contribution is -2.04. The van der Waals surface area contributed by atoms with Crippen molar-refractivity contribution >= 4 is 12.2 Å². The zero-order valence-electron chi connectivity index (χ0n) is 12.9. The number of methoxy groups -OCH3 is 1. The van der Waals surface area contributed by atoms with Gasteiger partial charge in [0.15, 0.2) is 0 Å². The van der Waals surface area contributed by atoms with Crippen molar-refractivity contribution in [3.63, 3.8) is 0 Å². The minimum absolute atomic E-state index is 0.323. The highest BCUT2D eigenvalue weighted by molar-refractivity contribution is 5.70. The number of nitrogens with two attached hydrogens (primary N) is 1. The van der Waals surface area contributed by atoms with Crippen LogP contribution in [-0.2, 0) is 6.54 Å². The van der Waals surface area contributed by atoms with Crippen LogP contribution in [0, 0.1) is 0 Å². The Labute approximate surface area is 135 Å². The van der Waals surface area contributed by atoms with Crippen molar-refractivity contribution in [3.8, 4) is 11.4 Å². The van der Waals surface area contributed by atoms with Crippen molar-refractivity contribution in [1.29, 1.82) is 0 Å². The van der Waals surface area contributed by atoms with Crippen molar-refractivity contribution in [1.82, 2.24) is 15.0 Å². The van der Waals surface area contributed by atoms with E-state index >= 15 is 0 Å². The molecule has 0 aliphatic heterocycles. The minimum Gasteiger partial charge on any atom is -0.494 e. The van der Waals surface area contributed by atoms with Crippen LogP contribution in [0.1, 0.15) is 17.0 Å². The number of hydrogen-bond acceptors (Lipinski definition) is 4. The van der Waals surface area contributed by atoms with Crippen molar-refractivity contribution in [2.75, 3.05) is 7.11 Å². The van der Waals surface area contributed by atoms with Crippen LogP contribution in [0.3, 0.4) is 0 Å². The first-order valence-electron chi connectivity index (χ1n) is 7.34. The Kier molecular flexibility index (Phi) is 4.49. The summed E-state index contributed by atoms with van der Waals surface area (Å²) in [7, 11) is 1.64. The van der Waals surface area contributed by atoms with E-state index in [1.54, 1.807) is 11.8 Å². The molecule has 0 spiro atoms. The molecule has 0 saturated heterocycles. The average Bonchev–Trinajstić information content (AvgIpc) is 3.03. The number of aromatic nitrogens is 3. The lowest BCUT2D eigenvalue weighted by Gasteiger charge is -2.09. The summed E-state index contributed by atoms with van der Waals surface area (Å²) >= 11 is 0. The summed E-state index contributed by atoms with van der Waals surface area (Å²) in [5.74, 6) is 0.732. The van der Waals surface area contributed by atoms with Crippen LogP contribution in [0.15, 0.2) is 54.6 Å². The van der Waals surface area contributed by atoms with Gasteiger partial charge in [0.25, 0.3) is 0 Å². The van der Waals surface area contributed by atoms with Crippen molar-refractivity contribution in [2.24, 2.45) is 5.73 Å². The Balaban J connectivity index is 2.06. The summed E-state index contributed by atoms with van der Waals surface area (Å²) in [4.78, 5) is 0. The Morgan fingerprint density at radius 3 is 2.52 bits per heavy atom. The minimum atomic E-state index is 0.323. The van der Waals surface area contributed by atoms with E-state index in [-0.39, 0.29) is 0 Å². The van der Waals surface area contributed by atoms with Gasteiger partial charge in [-0.05, 0) is 23.8 Å². The summed E-state index contributed by atoms with van der Waals surface area (Å²) < 4.78 is 7.17. The van der Waals surface area contributed by atoms with E-state index in [9.17, 15) is 0 Å². The summed E-state index contributed by atoms with van der Waals surface area (Å²) in [5.41, 5.74) is 9.32. The molecule has 5 heteroatoms. The number of benzene rings is 2. The number of nitrogens with zero attached hydrogens (tertiary/aromatic N) is 3. The van der Waals surface area contributed by atoms with E-state index in [4.69, 9.17) is 10.5 Å². The normalized spacial score (nSPS) is 11.0. The molecule has 2 aromatic carbocycles. The molecule has 0 atom stereocenters. The highest BCUT2D eigenvalue weighted by Crippen LogP contribution is 2.24. The maximum Gasteiger partial charge on any atom is 0.144 e. The molecule has 0 bridgehead atoms. The van der Waals surface area contributed by atoms with Gasteiger partial charge in [-0.15, -0.1) is 5.10 Å². The number of hydrogen-bond donors (Lipinski definition) is 1. The number of ether oxygens (including phenoxy) is 1. The molecule has 23 heavy (non-hydrogen) atoms. The van der Waals surface area contributed by atoms with E-state index in [1.807, 2.05) is 66.7 Å². The van der Waals surface area contributed by atoms with Crippen molar-refractivity contribution in [2.45, 2.75) is 6.54 Å². The second-order valence-electron chi connectivity index (χ2n) is 4.95. The van der Waals surface area contributed by atoms with Gasteiger partial charge < -0.3 is 10.5 Å². The van der Waals surface area contributed by atoms with E-state index < -0.39 is 0 Å². The van der Waals surface area contributed by atoms with E-state index in [1.165, 1.54) is 0 Å². The quantitative estimate of drug-likeness (QED) is 0.787. The molecule has 1 heterocycles. The second-order valence-corrected chi connectivity index (χ2v) is 4.95. The van der Waals surface area contributed by atoms with Gasteiger partial charge >= 0.3 is 0 Å². The van der Waals surface area contributed by atoms with Crippen LogP contribution in [0.2, 0.25) is 0 Å². The molecule has 5 nitrogen and oxygen atoms in total. The first-order chi connectivity index (χ1) is 11.3. The first-order valence-corrected chi connectivity index (χ1v) is 7.34. The van der Waals surface area contributed by atoms with Crippen LogP contribution in [0.5, 0.6) is 5.75 Å². The lowest BCUT2D eigenvalue weighted by molar-refractivity contribution is 0.411. The molecule has 0 unspecified atom stereocenters. The Morgan fingerprint density at radius 1 is 1.04 bits per heavy atom. The van der Waals surface area contributed by atoms with Gasteiger partial charge in [0.2, 0.25) is 0 Å². The third-order valence-electron chi connectivity index (χ3n) is 3.52. The molecule has 0 fully saturated rings. The molecular formula is C18H18N4O. The fourth-order valence-electron chi connectivity index (χ4n) is 2.35. The molecule has 0 saturated carbocycles. The van der Waals surface area contributed by atoms with Gasteiger partial charge in [0, 0.05) is 6.54 Å². The summed E-state index contributed by atoms with van der Waals surface area (Å²) in [5, 5.41) is 8.41. The van der Waals surface area contributed by atoms with Gasteiger partial charge in [-0.3, -0.25) is 0 Å². The van der Waals surface area contributed by atoms with Gasteiger partial charge in [0.05, 0.1) is 12.8 Å². The Hall–Kier alpha value is -2.92. The predicted molar refractivity (Wildman–Crippen MR) is 91.2 cm³/mol. The number of rotatable bonds is 5. The van der Waals surface area contributed by atoms with Crippen LogP contribution >= 0.6 is 0 Å². The van der Waals surface area contributed by atoms with E-state index in [0.717, 1.165) is 28.4 Å². The fourth-order valence-corrected chi connectivity index (χ4v) is 2.35. The molecule has 3 aromatic rings. The molecule has 0 aliphatic carbocycles. The summed E-state index contributed by atoms with van der Waals surface area (Å²) in [6.07, 6.45) is 3.99. The highest BCUT2D eigenvalue weighted by Gasteiger charge is 2.13. The van der Waals surface area contributed by atoms with Crippen molar-refractivity contribution in [3.05, 3.63) is 71.5 Å². The standard InChI is InChI=1S/C18H18N4O/c1-23-18-10-6-5-9-17(18)22-16(15(13-19)20-21-22)12-11-14-7-3-2-4-8-14/h2-12H,13,19H2,1H3/b12-11+. The smallest absolute Gasteiger partial charge is 0.144 e. The predicted octanol–water partition coefficient (Wildman–Crippen LogP) is 2.91. The average molecular weight is 306 g/mol. The zero-order chi connectivity index (χ0) is 16.1. The van der Waals surface area contributed by atoms with Gasteiger partial charge in [-0.1, -0.05) is 53.8 Å². The van der Waals surface area contributed by atoms with Crippen LogP contribution in [-0.4, -0.2) is 22.1 Å². The van der Waals surface area contributed by atoms with Gasteiger partial charge in [-0.25, -0.2) is 4.68 Å². The third-order valence-corrected chi connectivity index (χ3v) is 3.52. The first kappa shape index (κ1) is 15.0. The lowest BCUT2D eigenvalue weighted by atomic mass is 10.2. The zero-order valence-corrected chi connectivity index (χ0v) is 12.9. The van der Waals surface area contributed by atoms with E-state index in [0.29, 0.717) is 6.54 Å². The van der Waals surface area contributed by atoms with E-state index in [2.05, 4.69) is 10.3 Å². The van der Waals surface area contributed by atoms with Crippen LogP contribution in [0.4, 0.5) is 0 Å². The number of para-hydroxylation sites is 2. The summed E-state index contributed by atoms with van der Waals surface area (Å²) in [6.45, 7) is 0.323. The molecule has 2 N–H and O–H groups in total.